The van der Waals surface area contributed by atoms with Crippen LogP contribution in [0, 0.1) is 0 Å². The summed E-state index contributed by atoms with van der Waals surface area (Å²) in [5.41, 5.74) is 0. The average molecular weight is 411 g/mol. The van der Waals surface area contributed by atoms with Crippen LogP contribution >= 0.6 is 7.87 Å². The summed E-state index contributed by atoms with van der Waals surface area (Å²) < 4.78 is 33.8. The van der Waals surface area contributed by atoms with Crippen molar-refractivity contribution in [1.82, 2.24) is 18.7 Å². The molecule has 0 aromatic heterocycles. The molecule has 4 fully saturated rings. The van der Waals surface area contributed by atoms with Crippen LogP contribution in [0.5, 0.6) is 0 Å². The molecule has 4 aliphatic rings. The molecule has 0 bridgehead atoms. The minimum absolute atomic E-state index is 0. The number of nitrogens with zero attached hydrogens (tertiary/aromatic N) is 4. The molecule has 0 N–H and O–H groups in total. The Morgan fingerprint density at radius 3 is 0.769 bits per heavy atom. The fourth-order valence-electron chi connectivity index (χ4n) is 4.36. The first kappa shape index (κ1) is 21.1. The third-order valence-electron chi connectivity index (χ3n) is 5.47. The van der Waals surface area contributed by atoms with E-state index < -0.39 is 7.87 Å². The second-order valence-electron chi connectivity index (χ2n) is 6.80. The van der Waals surface area contributed by atoms with Gasteiger partial charge in [0.05, 0.1) is 105 Å². The highest BCUT2D eigenvalue weighted by Crippen LogP contribution is 2.70. The zero-order valence-electron chi connectivity index (χ0n) is 15.6. The summed E-state index contributed by atoms with van der Waals surface area (Å²) in [6, 6.07) is 0. The number of halogens is 1. The molecule has 0 aromatic rings. The Kier molecular flexibility index (Phi) is 8.33. The van der Waals surface area contributed by atoms with Gasteiger partial charge in [0.2, 0.25) is 0 Å². The van der Waals surface area contributed by atoms with Gasteiger partial charge in [0.1, 0.15) is 0 Å². The van der Waals surface area contributed by atoms with Crippen molar-refractivity contribution in [3.63, 3.8) is 0 Å². The molecular weight excluding hydrogens is 379 g/mol. The van der Waals surface area contributed by atoms with Gasteiger partial charge in [-0.2, -0.15) is 0 Å². The van der Waals surface area contributed by atoms with E-state index in [1.807, 2.05) is 0 Å². The molecule has 0 amide bonds. The SMILES string of the molecule is C1CN([P+](N2CCOCC2)(N2CCOCC2)N2CCOCC2)CCO1.[Cl-]. The minimum Gasteiger partial charge on any atom is -1.00 e. The van der Waals surface area contributed by atoms with E-state index in [1.54, 1.807) is 0 Å². The van der Waals surface area contributed by atoms with Crippen LogP contribution in [0.1, 0.15) is 0 Å². The maximum absolute atomic E-state index is 5.70. The molecule has 4 rings (SSSR count). The fraction of sp³-hybridized carbons (Fsp3) is 1.00. The number of morpholine rings is 4. The van der Waals surface area contributed by atoms with E-state index in [2.05, 4.69) is 18.7 Å². The maximum Gasteiger partial charge on any atom is 0.309 e. The molecule has 4 aliphatic heterocycles. The van der Waals surface area contributed by atoms with E-state index >= 15 is 0 Å². The van der Waals surface area contributed by atoms with E-state index in [9.17, 15) is 0 Å². The lowest BCUT2D eigenvalue weighted by Gasteiger charge is -2.53. The molecular formula is C16H32ClN4O4P. The van der Waals surface area contributed by atoms with Crippen LogP contribution < -0.4 is 12.4 Å². The summed E-state index contributed by atoms with van der Waals surface area (Å²) in [5.74, 6) is 0. The van der Waals surface area contributed by atoms with Gasteiger partial charge in [-0.3, -0.25) is 0 Å². The van der Waals surface area contributed by atoms with Gasteiger partial charge in [-0.25, -0.2) is 0 Å². The molecule has 0 atom stereocenters. The Morgan fingerprint density at radius 2 is 0.577 bits per heavy atom. The Labute approximate surface area is 163 Å². The van der Waals surface area contributed by atoms with Crippen molar-refractivity contribution in [3.8, 4) is 0 Å². The fourth-order valence-corrected chi connectivity index (χ4v) is 9.31. The summed E-state index contributed by atoms with van der Waals surface area (Å²) in [4.78, 5) is 0. The summed E-state index contributed by atoms with van der Waals surface area (Å²) in [6.45, 7) is 14.8. The van der Waals surface area contributed by atoms with Gasteiger partial charge in [0.25, 0.3) is 0 Å². The molecule has 8 nitrogen and oxygen atoms in total. The first-order chi connectivity index (χ1) is 12.4. The first-order valence-electron chi connectivity index (χ1n) is 9.64. The van der Waals surface area contributed by atoms with Gasteiger partial charge in [-0.05, 0) is 0 Å². The molecule has 0 spiro atoms. The van der Waals surface area contributed by atoms with Crippen molar-refractivity contribution in [2.45, 2.75) is 0 Å². The number of hydrogen-bond acceptors (Lipinski definition) is 8. The predicted octanol–water partition coefficient (Wildman–Crippen LogP) is -3.00. The van der Waals surface area contributed by atoms with E-state index in [-0.39, 0.29) is 12.4 Å². The first-order valence-corrected chi connectivity index (χ1v) is 11.2. The smallest absolute Gasteiger partial charge is 0.309 e. The van der Waals surface area contributed by atoms with Crippen molar-refractivity contribution >= 4 is 7.87 Å². The second kappa shape index (κ2) is 10.3. The van der Waals surface area contributed by atoms with Crippen LogP contribution in [0.15, 0.2) is 0 Å². The molecule has 0 saturated carbocycles. The van der Waals surface area contributed by atoms with Gasteiger partial charge in [0.15, 0.2) is 0 Å². The molecule has 10 heteroatoms. The Balaban J connectivity index is 0.00000196. The average Bonchev–Trinajstić information content (AvgIpc) is 2.72. The Bertz CT molecular complexity index is 338. The lowest BCUT2D eigenvalue weighted by molar-refractivity contribution is -0.0000121. The highest BCUT2D eigenvalue weighted by molar-refractivity contribution is 7.66. The molecule has 0 aliphatic carbocycles. The monoisotopic (exact) mass is 410 g/mol. The molecule has 4 heterocycles. The normalized spacial score (nSPS) is 28.6. The summed E-state index contributed by atoms with van der Waals surface area (Å²) in [6.07, 6.45) is 0. The largest absolute Gasteiger partial charge is 1.00 e. The van der Waals surface area contributed by atoms with Crippen LogP contribution in [-0.2, 0) is 18.9 Å². The third kappa shape index (κ3) is 4.20. The molecule has 152 valence electrons. The van der Waals surface area contributed by atoms with Crippen LogP contribution in [-0.4, -0.2) is 124 Å². The molecule has 0 aromatic carbocycles. The van der Waals surface area contributed by atoms with E-state index in [0.717, 1.165) is 105 Å². The van der Waals surface area contributed by atoms with E-state index in [1.165, 1.54) is 0 Å². The summed E-state index contributed by atoms with van der Waals surface area (Å²) >= 11 is 0. The number of rotatable bonds is 4. The molecule has 0 radical (unpaired) electrons. The maximum atomic E-state index is 5.70. The predicted molar refractivity (Wildman–Crippen MR) is 96.5 cm³/mol. The van der Waals surface area contributed by atoms with Crippen molar-refractivity contribution in [2.24, 2.45) is 0 Å². The minimum atomic E-state index is -1.78. The van der Waals surface area contributed by atoms with Crippen molar-refractivity contribution in [2.75, 3.05) is 105 Å². The third-order valence-corrected chi connectivity index (χ3v) is 10.1. The Morgan fingerprint density at radius 1 is 0.385 bits per heavy atom. The van der Waals surface area contributed by atoms with Crippen LogP contribution in [0.3, 0.4) is 0 Å². The molecule has 4 saturated heterocycles. The lowest BCUT2D eigenvalue weighted by atomic mass is 10.5. The van der Waals surface area contributed by atoms with Crippen molar-refractivity contribution < 1.29 is 31.4 Å². The van der Waals surface area contributed by atoms with Gasteiger partial charge in [0, 0.05) is 0 Å². The highest BCUT2D eigenvalue weighted by Gasteiger charge is 2.62. The van der Waals surface area contributed by atoms with Gasteiger partial charge in [-0.15, -0.1) is 18.7 Å². The molecule has 0 unspecified atom stereocenters. The number of ether oxygens (including phenoxy) is 4. The zero-order valence-corrected chi connectivity index (χ0v) is 17.2. The van der Waals surface area contributed by atoms with E-state index in [0.29, 0.717) is 0 Å². The van der Waals surface area contributed by atoms with E-state index in [4.69, 9.17) is 18.9 Å². The highest BCUT2D eigenvalue weighted by atomic mass is 35.5. The summed E-state index contributed by atoms with van der Waals surface area (Å²) in [7, 11) is -1.78. The Hall–Kier alpha value is 0.400. The topological polar surface area (TPSA) is 49.9 Å². The van der Waals surface area contributed by atoms with Crippen LogP contribution in [0.25, 0.3) is 0 Å². The van der Waals surface area contributed by atoms with Crippen LogP contribution in [0.4, 0.5) is 0 Å². The number of hydrogen-bond donors (Lipinski definition) is 0. The summed E-state index contributed by atoms with van der Waals surface area (Å²) in [5, 5.41) is 0. The quantitative estimate of drug-likeness (QED) is 0.455. The zero-order chi connectivity index (χ0) is 17.0. The van der Waals surface area contributed by atoms with Gasteiger partial charge >= 0.3 is 7.87 Å². The lowest BCUT2D eigenvalue weighted by Crippen LogP contribution is -3.00. The van der Waals surface area contributed by atoms with Crippen molar-refractivity contribution in [3.05, 3.63) is 0 Å². The second-order valence-corrected chi connectivity index (χ2v) is 10.1. The van der Waals surface area contributed by atoms with Gasteiger partial charge in [-0.1, -0.05) is 0 Å². The molecule has 26 heavy (non-hydrogen) atoms. The van der Waals surface area contributed by atoms with Crippen molar-refractivity contribution in [1.29, 1.82) is 0 Å². The van der Waals surface area contributed by atoms with Gasteiger partial charge < -0.3 is 31.4 Å². The van der Waals surface area contributed by atoms with Crippen LogP contribution in [0.2, 0.25) is 0 Å². The standard InChI is InChI=1S/C16H32N4O4P.ClH/c1-9-21-10-2-17(1)25(18-3-11-22-12-4-18,19-5-13-23-14-6-19)20-7-15-24-16-8-20;/h1-16H2;1H/q+1;/p-1.